The Kier molecular flexibility index (Phi) is 4.70. The van der Waals surface area contributed by atoms with E-state index in [1.807, 2.05) is 55.1 Å². The zero-order chi connectivity index (χ0) is 17.3. The largest absolute Gasteiger partial charge is 0.346 e. The highest BCUT2D eigenvalue weighted by molar-refractivity contribution is 14.1. The highest BCUT2D eigenvalue weighted by Crippen LogP contribution is 2.18. The first-order valence-electron chi connectivity index (χ1n) is 7.55. The van der Waals surface area contributed by atoms with E-state index in [1.54, 1.807) is 11.7 Å². The lowest BCUT2D eigenvalue weighted by molar-refractivity contribution is 0.0944. The minimum Gasteiger partial charge on any atom is -0.346 e. The number of para-hydroxylation sites is 1. The predicted molar refractivity (Wildman–Crippen MR) is 100 cm³/mol. The van der Waals surface area contributed by atoms with Crippen molar-refractivity contribution in [1.82, 2.24) is 24.9 Å². The number of nitrogens with one attached hydrogen (secondary N) is 1. The normalized spacial score (nSPS) is 10.8. The molecule has 6 nitrogen and oxygen atoms in total. The zero-order valence-electron chi connectivity index (χ0n) is 13.7. The molecule has 0 aliphatic carbocycles. The molecule has 0 radical (unpaired) electrons. The third kappa shape index (κ3) is 3.21. The molecule has 0 aliphatic heterocycles. The van der Waals surface area contributed by atoms with Crippen molar-refractivity contribution in [3.8, 4) is 5.69 Å². The number of hydrogen-bond acceptors (Lipinski definition) is 3. The third-order valence-electron chi connectivity index (χ3n) is 3.87. The molecule has 0 spiro atoms. The van der Waals surface area contributed by atoms with Crippen LogP contribution in [0.15, 0.2) is 36.5 Å². The Balaban J connectivity index is 1.80. The van der Waals surface area contributed by atoms with Crippen LogP contribution in [0.1, 0.15) is 27.4 Å². The molecular weight excluding hydrogens is 417 g/mol. The van der Waals surface area contributed by atoms with E-state index in [0.29, 0.717) is 12.2 Å². The molecule has 0 saturated heterocycles. The standard InChI is InChI=1S/C17H18IN5O/c1-11-14(9-19-17(24)16-15(18)10-22(3)21-16)12(2)23(20-11)13-7-5-4-6-8-13/h4-8,10H,9H2,1-3H3,(H,19,24). The van der Waals surface area contributed by atoms with Crippen LogP contribution in [0, 0.1) is 17.4 Å². The highest BCUT2D eigenvalue weighted by atomic mass is 127. The second-order valence-corrected chi connectivity index (χ2v) is 6.74. The lowest BCUT2D eigenvalue weighted by atomic mass is 10.2. The Morgan fingerprint density at radius 2 is 1.92 bits per heavy atom. The van der Waals surface area contributed by atoms with Crippen molar-refractivity contribution in [2.45, 2.75) is 20.4 Å². The van der Waals surface area contributed by atoms with Crippen molar-refractivity contribution in [2.24, 2.45) is 7.05 Å². The lowest BCUT2D eigenvalue weighted by Gasteiger charge is -2.06. The summed E-state index contributed by atoms with van der Waals surface area (Å²) in [5.41, 5.74) is 4.42. The first kappa shape index (κ1) is 16.7. The van der Waals surface area contributed by atoms with Crippen LogP contribution in [0.3, 0.4) is 0 Å². The fourth-order valence-electron chi connectivity index (χ4n) is 2.62. The average molecular weight is 435 g/mol. The molecule has 1 aromatic carbocycles. The van der Waals surface area contributed by atoms with Crippen molar-refractivity contribution >= 4 is 28.5 Å². The molecule has 0 unspecified atom stereocenters. The molecule has 0 atom stereocenters. The van der Waals surface area contributed by atoms with Crippen molar-refractivity contribution < 1.29 is 4.79 Å². The molecule has 0 fully saturated rings. The summed E-state index contributed by atoms with van der Waals surface area (Å²) in [5.74, 6) is -0.175. The quantitative estimate of drug-likeness (QED) is 0.642. The SMILES string of the molecule is Cc1nn(-c2ccccc2)c(C)c1CNC(=O)c1nn(C)cc1I. The molecule has 0 saturated carbocycles. The van der Waals surface area contributed by atoms with Crippen LogP contribution in [0.25, 0.3) is 5.69 Å². The fourth-order valence-corrected chi connectivity index (χ4v) is 3.37. The van der Waals surface area contributed by atoms with Crippen molar-refractivity contribution in [3.05, 3.63) is 62.7 Å². The Morgan fingerprint density at radius 3 is 2.54 bits per heavy atom. The summed E-state index contributed by atoms with van der Waals surface area (Å²) in [6.45, 7) is 4.40. The lowest BCUT2D eigenvalue weighted by Crippen LogP contribution is -2.24. The summed E-state index contributed by atoms with van der Waals surface area (Å²) in [7, 11) is 1.80. The second kappa shape index (κ2) is 6.76. The number of aryl methyl sites for hydroxylation is 2. The van der Waals surface area contributed by atoms with Gasteiger partial charge in [-0.15, -0.1) is 0 Å². The smallest absolute Gasteiger partial charge is 0.273 e. The number of nitrogens with zero attached hydrogens (tertiary/aromatic N) is 4. The number of halogens is 1. The van der Waals surface area contributed by atoms with Gasteiger partial charge >= 0.3 is 0 Å². The number of amides is 1. The number of rotatable bonds is 4. The molecule has 3 aromatic rings. The highest BCUT2D eigenvalue weighted by Gasteiger charge is 2.17. The third-order valence-corrected chi connectivity index (χ3v) is 4.66. The minimum atomic E-state index is -0.175. The van der Waals surface area contributed by atoms with E-state index in [4.69, 9.17) is 0 Å². The van der Waals surface area contributed by atoms with Gasteiger partial charge in [0.15, 0.2) is 5.69 Å². The summed E-state index contributed by atoms with van der Waals surface area (Å²) in [6, 6.07) is 9.97. The Hall–Kier alpha value is -2.16. The molecule has 124 valence electrons. The van der Waals surface area contributed by atoms with E-state index < -0.39 is 0 Å². The van der Waals surface area contributed by atoms with Crippen molar-refractivity contribution in [1.29, 1.82) is 0 Å². The van der Waals surface area contributed by atoms with Gasteiger partial charge in [-0.1, -0.05) is 18.2 Å². The van der Waals surface area contributed by atoms with Crippen LogP contribution in [-0.2, 0) is 13.6 Å². The molecule has 1 N–H and O–H groups in total. The zero-order valence-corrected chi connectivity index (χ0v) is 15.9. The first-order valence-corrected chi connectivity index (χ1v) is 8.63. The topological polar surface area (TPSA) is 64.7 Å². The van der Waals surface area contributed by atoms with E-state index >= 15 is 0 Å². The van der Waals surface area contributed by atoms with E-state index in [1.165, 1.54) is 0 Å². The Morgan fingerprint density at radius 1 is 1.21 bits per heavy atom. The van der Waals surface area contributed by atoms with Gasteiger partial charge in [-0.3, -0.25) is 9.48 Å². The van der Waals surface area contributed by atoms with Gasteiger partial charge in [0.1, 0.15) is 0 Å². The number of hydrogen-bond donors (Lipinski definition) is 1. The van der Waals surface area contributed by atoms with Crippen LogP contribution in [0.2, 0.25) is 0 Å². The van der Waals surface area contributed by atoms with Gasteiger partial charge in [0.25, 0.3) is 5.91 Å². The summed E-state index contributed by atoms with van der Waals surface area (Å²) < 4.78 is 4.38. The van der Waals surface area contributed by atoms with Crippen LogP contribution in [-0.4, -0.2) is 25.5 Å². The van der Waals surface area contributed by atoms with Crippen LogP contribution >= 0.6 is 22.6 Å². The maximum absolute atomic E-state index is 12.3. The number of carbonyl (C=O) groups excluding carboxylic acids is 1. The van der Waals surface area contributed by atoms with Crippen LogP contribution < -0.4 is 5.32 Å². The second-order valence-electron chi connectivity index (χ2n) is 5.58. The van der Waals surface area contributed by atoms with Gasteiger partial charge in [0, 0.05) is 31.0 Å². The van der Waals surface area contributed by atoms with Gasteiger partial charge in [-0.2, -0.15) is 10.2 Å². The maximum Gasteiger partial charge on any atom is 0.273 e. The Labute approximate surface area is 154 Å². The monoisotopic (exact) mass is 435 g/mol. The predicted octanol–water partition coefficient (Wildman–Crippen LogP) is 2.76. The van der Waals surface area contributed by atoms with Gasteiger partial charge in [0.05, 0.1) is 15.0 Å². The molecule has 2 aromatic heterocycles. The molecule has 0 bridgehead atoms. The van der Waals surface area contributed by atoms with Crippen molar-refractivity contribution in [3.63, 3.8) is 0 Å². The van der Waals surface area contributed by atoms with Gasteiger partial charge in [-0.05, 0) is 48.6 Å². The average Bonchev–Trinajstić information content (AvgIpc) is 3.05. The van der Waals surface area contributed by atoms with Crippen LogP contribution in [0.5, 0.6) is 0 Å². The molecule has 0 aliphatic rings. The Bertz CT molecular complexity index is 882. The minimum absolute atomic E-state index is 0.175. The summed E-state index contributed by atoms with van der Waals surface area (Å²) in [5, 5.41) is 11.7. The fraction of sp³-hybridized carbons (Fsp3) is 0.235. The number of benzene rings is 1. The van der Waals surface area contributed by atoms with Gasteiger partial charge < -0.3 is 5.32 Å². The maximum atomic E-state index is 12.3. The molecule has 7 heteroatoms. The van der Waals surface area contributed by atoms with E-state index in [0.717, 1.165) is 26.2 Å². The van der Waals surface area contributed by atoms with Gasteiger partial charge in [-0.25, -0.2) is 4.68 Å². The van der Waals surface area contributed by atoms with E-state index in [2.05, 4.69) is 38.1 Å². The number of carbonyl (C=O) groups is 1. The summed E-state index contributed by atoms with van der Waals surface area (Å²) >= 11 is 2.12. The molecular formula is C17H18IN5O. The summed E-state index contributed by atoms with van der Waals surface area (Å²) in [6.07, 6.45) is 1.82. The number of aromatic nitrogens is 4. The molecule has 2 heterocycles. The van der Waals surface area contributed by atoms with Crippen molar-refractivity contribution in [2.75, 3.05) is 0 Å². The molecule has 1 amide bonds. The van der Waals surface area contributed by atoms with Gasteiger partial charge in [0.2, 0.25) is 0 Å². The van der Waals surface area contributed by atoms with E-state index in [9.17, 15) is 4.79 Å². The first-order chi connectivity index (χ1) is 11.5. The van der Waals surface area contributed by atoms with E-state index in [-0.39, 0.29) is 5.91 Å². The summed E-state index contributed by atoms with van der Waals surface area (Å²) in [4.78, 5) is 12.3. The van der Waals surface area contributed by atoms with Crippen LogP contribution in [0.4, 0.5) is 0 Å². The molecule has 24 heavy (non-hydrogen) atoms. The molecule has 3 rings (SSSR count).